The molecule has 2 aromatic heterocycles. The number of allylic oxidation sites excluding steroid dienone is 4. The van der Waals surface area contributed by atoms with Crippen LogP contribution in [0.15, 0.2) is 73.1 Å². The van der Waals surface area contributed by atoms with Crippen LogP contribution in [0.4, 0.5) is 26.3 Å². The van der Waals surface area contributed by atoms with Gasteiger partial charge in [0.1, 0.15) is 23.7 Å². The fourth-order valence-corrected chi connectivity index (χ4v) is 20.2. The maximum atomic E-state index is 14.9. The molecule has 14 rings (SSSR count). The molecule has 10 aliphatic rings. The lowest BCUT2D eigenvalue weighted by Gasteiger charge is -2.33. The minimum atomic E-state index is -4.86. The molecule has 116 heavy (non-hydrogen) atoms. The number of pyridine rings is 2. The highest BCUT2D eigenvalue weighted by atomic mass is 32.2. The van der Waals surface area contributed by atoms with Crippen molar-refractivity contribution >= 4 is 88.7 Å². The van der Waals surface area contributed by atoms with Crippen LogP contribution in [0.25, 0.3) is 21.5 Å². The first-order valence-corrected chi connectivity index (χ1v) is 43.4. The molecule has 8 heterocycles. The Labute approximate surface area is 671 Å². The Hall–Kier alpha value is -8.42. The predicted molar refractivity (Wildman–Crippen MR) is 412 cm³/mol. The molecule has 6 aliphatic heterocycles. The van der Waals surface area contributed by atoms with Crippen LogP contribution in [0.3, 0.4) is 0 Å². The molecule has 24 nitrogen and oxygen atoms in total. The number of rotatable bonds is 16. The minimum absolute atomic E-state index is 0.0122. The second-order valence-electron chi connectivity index (χ2n) is 35.9. The zero-order valence-electron chi connectivity index (χ0n) is 67.0. The van der Waals surface area contributed by atoms with Gasteiger partial charge in [-0.15, -0.1) is 0 Å². The summed E-state index contributed by atoms with van der Waals surface area (Å²) in [6, 6.07) is 8.94. The van der Waals surface area contributed by atoms with Crippen LogP contribution in [0, 0.1) is 58.2 Å². The summed E-state index contributed by atoms with van der Waals surface area (Å²) >= 11 is 0. The fourth-order valence-electron chi connectivity index (χ4n) is 17.6. The van der Waals surface area contributed by atoms with Gasteiger partial charge in [-0.2, -0.15) is 26.3 Å². The third kappa shape index (κ3) is 17.4. The number of alkyl halides is 6. The van der Waals surface area contributed by atoms with Gasteiger partial charge >= 0.3 is 24.3 Å². The Morgan fingerprint density at radius 1 is 0.543 bits per heavy atom. The third-order valence-electron chi connectivity index (χ3n) is 26.1. The van der Waals surface area contributed by atoms with E-state index in [1.165, 1.54) is 9.80 Å². The molecule has 14 atom stereocenters. The van der Waals surface area contributed by atoms with Crippen molar-refractivity contribution in [3.8, 4) is 23.3 Å². The van der Waals surface area contributed by atoms with Crippen LogP contribution in [0.1, 0.15) is 196 Å². The van der Waals surface area contributed by atoms with Crippen LogP contribution in [-0.2, 0) is 80.7 Å². The van der Waals surface area contributed by atoms with Crippen molar-refractivity contribution in [2.45, 2.75) is 255 Å². The second kappa shape index (κ2) is 31.7. The molecule has 0 radical (unpaired) electrons. The van der Waals surface area contributed by atoms with Gasteiger partial charge in [0.25, 0.3) is 0 Å². The normalized spacial score (nSPS) is 30.5. The van der Waals surface area contributed by atoms with E-state index in [2.05, 4.69) is 19.4 Å². The largest absolute Gasteiger partial charge is 0.492 e. The third-order valence-corrected chi connectivity index (χ3v) is 30.5. The molecule has 4 saturated carbocycles. The van der Waals surface area contributed by atoms with Gasteiger partial charge in [0, 0.05) is 72.5 Å². The first-order chi connectivity index (χ1) is 54.3. The van der Waals surface area contributed by atoms with E-state index in [1.54, 1.807) is 40.1 Å². The molecule has 6 fully saturated rings. The van der Waals surface area contributed by atoms with E-state index in [1.807, 2.05) is 74.5 Å². The molecular formula is C84H104F6N6O18S2. The van der Waals surface area contributed by atoms with Gasteiger partial charge < -0.3 is 38.2 Å². The number of ether oxygens (including phenoxy) is 6. The van der Waals surface area contributed by atoms with E-state index >= 15 is 0 Å². The van der Waals surface area contributed by atoms with E-state index in [0.717, 1.165) is 73.9 Å². The van der Waals surface area contributed by atoms with Crippen molar-refractivity contribution < 1.29 is 110 Å². The van der Waals surface area contributed by atoms with Crippen molar-refractivity contribution in [3.63, 3.8) is 0 Å². The van der Waals surface area contributed by atoms with Crippen molar-refractivity contribution in [1.82, 2.24) is 29.2 Å². The Balaban J connectivity index is 0.000000202. The summed E-state index contributed by atoms with van der Waals surface area (Å²) in [6.45, 7) is 14.5. The highest BCUT2D eigenvalue weighted by molar-refractivity contribution is 7.92. The van der Waals surface area contributed by atoms with Gasteiger partial charge in [0.2, 0.25) is 66.6 Å². The second-order valence-corrected chi connectivity index (χ2v) is 40.3. The molecule has 0 bridgehead atoms. The number of carbonyl (C=O) groups is 8. The highest BCUT2D eigenvalue weighted by Crippen LogP contribution is 2.60. The quantitative estimate of drug-likeness (QED) is 0.0598. The van der Waals surface area contributed by atoms with Crippen LogP contribution >= 0.6 is 0 Å². The molecule has 4 amide bonds. The molecule has 632 valence electrons. The average molecular weight is 1660 g/mol. The average Bonchev–Trinajstić information content (AvgIpc) is 1.56. The monoisotopic (exact) mass is 1660 g/mol. The smallest absolute Gasteiger partial charge is 0.427 e. The summed E-state index contributed by atoms with van der Waals surface area (Å²) in [5.41, 5.74) is -6.27. The van der Waals surface area contributed by atoms with Crippen molar-refractivity contribution in [1.29, 1.82) is 0 Å². The Bertz CT molecular complexity index is 4570. The topological polar surface area (TPSA) is 317 Å². The van der Waals surface area contributed by atoms with Crippen molar-refractivity contribution in [3.05, 3.63) is 84.2 Å². The molecule has 4 aromatic rings. The minimum Gasteiger partial charge on any atom is -0.492 e. The van der Waals surface area contributed by atoms with Crippen LogP contribution in [0.5, 0.6) is 23.3 Å². The van der Waals surface area contributed by atoms with Gasteiger partial charge in [-0.1, -0.05) is 64.1 Å². The number of nitrogens with zero attached hydrogens (tertiary/aromatic N) is 4. The molecule has 0 spiro atoms. The number of nitrogens with one attached hydrogen (secondary N) is 2. The number of sulfonamides is 2. The molecule has 4 aliphatic carbocycles. The Morgan fingerprint density at radius 3 is 1.27 bits per heavy atom. The first-order valence-electron chi connectivity index (χ1n) is 40.4. The maximum Gasteiger partial charge on any atom is 0.427 e. The maximum absolute atomic E-state index is 14.9. The summed E-state index contributed by atoms with van der Waals surface area (Å²) in [6.07, 6.45) is 4.40. The van der Waals surface area contributed by atoms with Crippen LogP contribution < -0.4 is 28.4 Å². The van der Waals surface area contributed by atoms with E-state index in [0.29, 0.717) is 88.2 Å². The fraction of sp³-hybridized carbons (Fsp3) is 0.643. The summed E-state index contributed by atoms with van der Waals surface area (Å²) in [4.78, 5) is 125. The van der Waals surface area contributed by atoms with E-state index < -0.39 is 184 Å². The van der Waals surface area contributed by atoms with Gasteiger partial charge in [-0.05, 0) is 189 Å². The first kappa shape index (κ1) is 85.5. The number of amides is 4. The standard InChI is InChI=1S/2C42H52F3N3O9S/c2*1-24-8-6-7-9-27-21-41(27,38(52)47-58(53,54)40(5)14-15-40)22-33(49)32-19-28(56-36-30-11-10-26-13-17-55-35(26)29(30)12-16-46-36)23-48(32)37(51)31(25(2)18-24)20-34(50)57-39(3,4)42(43,44)45/h2*7,9-12,16,24-25,27-28,31-32H,6,8,13-15,17-23H2,1-5H3,(H,47,52)/b2*9-7-/t24-,25+,27+,28+,31-,32-,41+;24-,25-,27-,28-,31+,32+,41-/m01/s1. The van der Waals surface area contributed by atoms with Crippen molar-refractivity contribution in [2.75, 3.05) is 26.3 Å². The Kier molecular flexibility index (Phi) is 23.4. The van der Waals surface area contributed by atoms with Gasteiger partial charge in [0.05, 0.1) is 83.4 Å². The number of hydrogen-bond acceptors (Lipinski definition) is 20. The van der Waals surface area contributed by atoms with Crippen LogP contribution in [-0.4, -0.2) is 167 Å². The number of halogens is 6. The summed E-state index contributed by atoms with van der Waals surface area (Å²) < 4.78 is 173. The van der Waals surface area contributed by atoms with E-state index in [-0.39, 0.29) is 75.2 Å². The molecule has 2 saturated heterocycles. The van der Waals surface area contributed by atoms with E-state index in [4.69, 9.17) is 28.4 Å². The van der Waals surface area contributed by atoms with E-state index in [9.17, 15) is 81.5 Å². The van der Waals surface area contributed by atoms with Crippen molar-refractivity contribution in [2.24, 2.45) is 58.2 Å². The highest BCUT2D eigenvalue weighted by Gasteiger charge is 2.65. The summed E-state index contributed by atoms with van der Waals surface area (Å²) in [5, 5.41) is 2.90. The predicted octanol–water partition coefficient (Wildman–Crippen LogP) is 12.8. The zero-order chi connectivity index (χ0) is 84.0. The molecule has 32 heteroatoms. The summed E-state index contributed by atoms with van der Waals surface area (Å²) in [7, 11) is -8.05. The number of hydrogen-bond donors (Lipinski definition) is 2. The number of carbonyl (C=O) groups excluding carboxylic acids is 8. The number of benzene rings is 2. The number of fused-ring (bicyclic) bond motifs is 10. The lowest BCUT2D eigenvalue weighted by molar-refractivity contribution is -0.257. The molecule has 0 unspecified atom stereocenters. The molecule has 2 N–H and O–H groups in total. The lowest BCUT2D eigenvalue weighted by atomic mass is 9.82. The zero-order valence-corrected chi connectivity index (χ0v) is 68.7. The summed E-state index contributed by atoms with van der Waals surface area (Å²) in [5.74, 6) is -8.29. The Morgan fingerprint density at radius 2 is 0.914 bits per heavy atom. The molecular weight excluding hydrogens is 1560 g/mol. The lowest BCUT2D eigenvalue weighted by Crippen LogP contribution is -2.48. The number of aromatic nitrogens is 2. The van der Waals surface area contributed by atoms with Crippen LogP contribution in [0.2, 0.25) is 0 Å². The number of esters is 2. The van der Waals surface area contributed by atoms with Gasteiger partial charge in [-0.25, -0.2) is 26.8 Å². The number of Topliss-reactive ketones (excluding diaryl/α,β-unsaturated/α-hetero) is 2. The van der Waals surface area contributed by atoms with Gasteiger partial charge in [-0.3, -0.25) is 47.8 Å². The number of ketones is 2. The SMILES string of the molecule is C[C@@H]1CC/C=C\[C@@H]2C[C@@]2(C(=O)NS(=O)(=O)C2(C)CC2)CC(=O)[C@@H]2C[C@@H](Oc3nccc4c5c(ccc34)CCO5)CN2C(=O)[C@@H](CC(=O)OC(C)(C)C(F)(F)F)[C@H](C)C1.C[C@H]1CC/C=C\[C@@H]2C[C@@]2(C(=O)NS(=O)(=O)C2(C)CC2)CC(=O)[C@@H]2C[C@@H](Oc3nccc4c5c(ccc34)CCO5)CN2C(=O)[C@@H](CC(=O)OC(C)(C)C(F)(F)F)[C@H](C)C1. The van der Waals surface area contributed by atoms with Gasteiger partial charge in [0.15, 0.2) is 11.6 Å². The molecule has 2 aromatic carbocycles.